The zero-order chi connectivity index (χ0) is 89.6. The van der Waals surface area contributed by atoms with E-state index in [4.69, 9.17) is 81.2 Å². The summed E-state index contributed by atoms with van der Waals surface area (Å²) in [5.74, 6) is -3.50. The lowest BCUT2D eigenvalue weighted by Gasteiger charge is -2.19. The molecule has 1 aliphatic heterocycles. The number of benzene rings is 11. The number of aromatic carboxylic acids is 2. The normalized spacial score (nSPS) is 11.3. The molecule has 638 valence electrons. The Morgan fingerprint density at radius 1 is 0.492 bits per heavy atom. The average molecular weight is 1720 g/mol. The molecule has 3 aromatic heterocycles. The molecule has 14 aromatic rings. The fourth-order valence-corrected chi connectivity index (χ4v) is 12.0. The van der Waals surface area contributed by atoms with Crippen LogP contribution in [0.15, 0.2) is 220 Å². The molecule has 1 atom stereocenters. The monoisotopic (exact) mass is 1720 g/mol. The lowest BCUT2D eigenvalue weighted by molar-refractivity contribution is -0.386. The highest BCUT2D eigenvalue weighted by molar-refractivity contribution is 6.19. The number of aromatic hydroxyl groups is 4. The number of fused-ring (bicyclic) bond motifs is 6. The van der Waals surface area contributed by atoms with Crippen molar-refractivity contribution in [3.63, 3.8) is 0 Å². The van der Waals surface area contributed by atoms with Gasteiger partial charge in [-0.25, -0.2) is 38.9 Å². The second-order valence-corrected chi connectivity index (χ2v) is 25.8. The van der Waals surface area contributed by atoms with Crippen LogP contribution >= 0.6 is 11.6 Å². The Hall–Kier alpha value is -17.0. The zero-order valence-corrected chi connectivity index (χ0v) is 66.1. The molecular formula is C84H72ClN11O28. The molecule has 0 unspecified atom stereocenters. The molecule has 11 aromatic carbocycles. The Bertz CT molecular complexity index is 6360. The predicted molar refractivity (Wildman–Crippen MR) is 449 cm³/mol. The van der Waals surface area contributed by atoms with E-state index in [1.807, 2.05) is 37.3 Å². The van der Waals surface area contributed by atoms with Crippen LogP contribution in [0.5, 0.6) is 23.0 Å². The Labute approximate surface area is 702 Å². The molecule has 40 heteroatoms. The first kappa shape index (κ1) is 92.5. The topological polar surface area (TPSA) is 630 Å². The number of ether oxygens (including phenoxy) is 3. The molecule has 0 bridgehead atoms. The first-order valence-electron chi connectivity index (χ1n) is 36.0. The van der Waals surface area contributed by atoms with E-state index in [-0.39, 0.29) is 82.2 Å². The smallest absolute Gasteiger partial charge is 0.338 e. The standard InChI is InChI=1S/C28H22ClN3O3.C16H12N2O5.C14H8N2O5.C9H9NO5.C9H11NO3.C7H5NO5.CH2O2.H3N/c1-15-3-2-4-20-23(33)12-22-26(25(15)20)18(13-29)14-32(22)28(34)17-7-10-24-21(11-17)31-27(35-24)16-5-8-19(30)9-6-16;1-2-22-16(19)11-5-8-14-13(9-11)17-15(23-14)10-3-6-12(7-4-10)18(20)21;17-14(18)9-3-6-12-11(7-9)15-13(21-12)8-1-4-10(5-2-8)16(19)20;1-2-15-9(12)6-3-4-8(11)7(5-6)10(13)14;1-2-13-9(12)6-3-4-8(11)7(10)5-6;9-6-2-1-4(7(10)11)3-5(6)8(12)13;2-1-3;/h2-12,18,33H,13-14,30H2,1H3;3-9H,2H2,1H3;1-7H,(H,17,18);3-5,11H,2H2,1H3;3-5,11H,2,10H2,1H3;1-3,9H,(H,10,11);1H,(H,2,3);1H3/t18-;;;;;;;/m1......./s1. The highest BCUT2D eigenvalue weighted by atomic mass is 35.5. The largest absolute Gasteiger partial charge is 0.507 e. The van der Waals surface area contributed by atoms with Gasteiger partial charge in [0.25, 0.3) is 23.8 Å². The summed E-state index contributed by atoms with van der Waals surface area (Å²) >= 11 is 6.36. The number of aromatic nitrogens is 3. The van der Waals surface area contributed by atoms with Crippen molar-refractivity contribution in [2.24, 2.45) is 0 Å². The van der Waals surface area contributed by atoms with E-state index in [9.17, 15) is 74.3 Å². The molecular weight excluding hydrogens is 1650 g/mol. The number of carboxylic acid groups (broad SMARTS) is 3. The van der Waals surface area contributed by atoms with Gasteiger partial charge in [-0.3, -0.25) is 50.0 Å². The Balaban J connectivity index is 0.000000190. The third-order valence-electron chi connectivity index (χ3n) is 17.5. The second kappa shape index (κ2) is 41.9. The summed E-state index contributed by atoms with van der Waals surface area (Å²) in [4.78, 5) is 132. The molecule has 0 saturated heterocycles. The van der Waals surface area contributed by atoms with Crippen molar-refractivity contribution >= 4 is 138 Å². The molecule has 14 N–H and O–H groups in total. The average Bonchev–Trinajstić information content (AvgIpc) is 1.56. The van der Waals surface area contributed by atoms with Crippen LogP contribution in [0, 0.1) is 47.4 Å². The first-order chi connectivity index (χ1) is 58.7. The van der Waals surface area contributed by atoms with Crippen LogP contribution in [0.3, 0.4) is 0 Å². The number of non-ortho nitro benzene ring substituents is 2. The van der Waals surface area contributed by atoms with Gasteiger partial charge in [-0.1, -0.05) is 18.2 Å². The number of esters is 3. The Morgan fingerprint density at radius 2 is 0.855 bits per heavy atom. The summed E-state index contributed by atoms with van der Waals surface area (Å²) in [7, 11) is 0. The van der Waals surface area contributed by atoms with Crippen molar-refractivity contribution in [2.75, 3.05) is 48.6 Å². The van der Waals surface area contributed by atoms with Gasteiger partial charge in [-0.15, -0.1) is 11.6 Å². The lowest BCUT2D eigenvalue weighted by atomic mass is 9.92. The maximum Gasteiger partial charge on any atom is 0.338 e. The number of nitrogen functional groups attached to an aromatic ring is 2. The number of alkyl halides is 1. The highest BCUT2D eigenvalue weighted by Gasteiger charge is 2.36. The number of phenols is 4. The fourth-order valence-electron chi connectivity index (χ4n) is 11.7. The molecule has 124 heavy (non-hydrogen) atoms. The van der Waals surface area contributed by atoms with Crippen LogP contribution in [0.4, 0.5) is 39.8 Å². The molecule has 1 amide bonds. The van der Waals surface area contributed by atoms with Crippen molar-refractivity contribution in [1.29, 1.82) is 0 Å². The molecule has 15 rings (SSSR count). The van der Waals surface area contributed by atoms with Gasteiger partial charge in [-0.2, -0.15) is 0 Å². The second-order valence-electron chi connectivity index (χ2n) is 25.5. The van der Waals surface area contributed by atoms with Gasteiger partial charge < -0.3 is 85.7 Å². The molecule has 39 nitrogen and oxygen atoms in total. The molecule has 1 aliphatic rings. The maximum absolute atomic E-state index is 13.7. The minimum atomic E-state index is -1.27. The summed E-state index contributed by atoms with van der Waals surface area (Å²) < 4.78 is 31.4. The van der Waals surface area contributed by atoms with E-state index in [1.54, 1.807) is 92.4 Å². The number of nitrogens with two attached hydrogens (primary N) is 2. The summed E-state index contributed by atoms with van der Waals surface area (Å²) in [6, 6.07) is 51.3. The fraction of sp³-hybridized carbons (Fsp3) is 0.119. The van der Waals surface area contributed by atoms with Crippen molar-refractivity contribution in [2.45, 2.75) is 33.6 Å². The number of hydrogen-bond acceptors (Lipinski definition) is 31. The van der Waals surface area contributed by atoms with Crippen LogP contribution in [0.25, 0.3) is 78.4 Å². The van der Waals surface area contributed by atoms with Gasteiger partial charge in [0, 0.05) is 94.1 Å². The first-order valence-corrected chi connectivity index (χ1v) is 36.5. The molecule has 0 radical (unpaired) electrons. The highest BCUT2D eigenvalue weighted by Crippen LogP contribution is 2.47. The number of amides is 1. The zero-order valence-electron chi connectivity index (χ0n) is 65.3. The van der Waals surface area contributed by atoms with E-state index >= 15 is 0 Å². The van der Waals surface area contributed by atoms with Crippen LogP contribution in [0.1, 0.15) is 100.0 Å². The number of halogens is 1. The minimum absolute atomic E-state index is 0. The summed E-state index contributed by atoms with van der Waals surface area (Å²) in [5, 5.41) is 106. The van der Waals surface area contributed by atoms with Crippen molar-refractivity contribution in [1.82, 2.24) is 21.1 Å². The van der Waals surface area contributed by atoms with Crippen molar-refractivity contribution in [3.8, 4) is 57.4 Å². The third kappa shape index (κ3) is 22.6. The number of oxazole rings is 3. The van der Waals surface area contributed by atoms with Crippen molar-refractivity contribution in [3.05, 3.63) is 291 Å². The molecule has 4 heterocycles. The summed E-state index contributed by atoms with van der Waals surface area (Å²) in [6.45, 7) is 8.09. The lowest BCUT2D eigenvalue weighted by Crippen LogP contribution is -2.30. The number of nitro benzene ring substituents is 4. The Morgan fingerprint density at radius 3 is 1.27 bits per heavy atom. The molecule has 0 aliphatic carbocycles. The summed E-state index contributed by atoms with van der Waals surface area (Å²) in [6.07, 6.45) is 0. The van der Waals surface area contributed by atoms with Crippen LogP contribution in [0.2, 0.25) is 0 Å². The van der Waals surface area contributed by atoms with Gasteiger partial charge in [0.05, 0.1) is 78.7 Å². The van der Waals surface area contributed by atoms with Crippen molar-refractivity contribution < 1.29 is 116 Å². The Kier molecular flexibility index (Phi) is 31.3. The van der Waals surface area contributed by atoms with E-state index < -0.39 is 72.4 Å². The number of carbonyl (C=O) groups excluding carboxylic acids is 4. The van der Waals surface area contributed by atoms with E-state index in [0.717, 1.165) is 57.8 Å². The summed E-state index contributed by atoms with van der Waals surface area (Å²) in [5.41, 5.74) is 19.8. The van der Waals surface area contributed by atoms with E-state index in [0.29, 0.717) is 110 Å². The van der Waals surface area contributed by atoms with E-state index in [2.05, 4.69) is 19.7 Å². The van der Waals surface area contributed by atoms with Gasteiger partial charge in [0.1, 0.15) is 28.0 Å². The number of rotatable bonds is 17. The molecule has 0 spiro atoms. The number of hydrogen-bond donors (Lipinski definition) is 10. The van der Waals surface area contributed by atoms with E-state index in [1.165, 1.54) is 78.9 Å². The number of nitro groups is 4. The number of carbonyl (C=O) groups is 7. The third-order valence-corrected chi connectivity index (χ3v) is 17.9. The minimum Gasteiger partial charge on any atom is -0.507 e. The van der Waals surface area contributed by atoms with Crippen LogP contribution in [-0.2, 0) is 19.0 Å². The number of carboxylic acids is 2. The van der Waals surface area contributed by atoms with Crippen LogP contribution < -0.4 is 22.5 Å². The van der Waals surface area contributed by atoms with Gasteiger partial charge in [0.2, 0.25) is 17.7 Å². The number of anilines is 3. The maximum atomic E-state index is 13.7. The van der Waals surface area contributed by atoms with Gasteiger partial charge >= 0.3 is 41.2 Å². The van der Waals surface area contributed by atoms with Crippen LogP contribution in [-0.4, -0.2) is 145 Å². The predicted octanol–water partition coefficient (Wildman–Crippen LogP) is 16.4. The molecule has 0 saturated carbocycles. The number of phenolic OH excluding ortho intramolecular Hbond substituents is 4. The van der Waals surface area contributed by atoms with Gasteiger partial charge in [0.15, 0.2) is 28.2 Å². The SMILES string of the molecule is CCOC(=O)c1ccc(O)c(N)c1.CCOC(=O)c1ccc(O)c([N+](=O)[O-])c1.CCOC(=O)c1ccc2oc(-c3ccc([N+](=O)[O-])cc3)nc2c1.Cc1cccc2c(O)cc3c(c12)[C@H](CCl)CN3C(=O)c1ccc2oc(-c3ccc(N)cc3)nc2c1.N.O=C(O)c1ccc(O)c([N+](=O)[O-])c1.O=C(O)c1ccc2oc(-c3ccc([N+](=O)[O-])cc3)nc2c1.O=CO. The van der Waals surface area contributed by atoms with Gasteiger partial charge in [-0.05, 0) is 190 Å². The molecule has 0 fully saturated rings. The number of nitrogens with zero attached hydrogens (tertiary/aromatic N) is 8. The quantitative estimate of drug-likeness (QED) is 0.00591. The number of aryl methyl sites for hydroxylation is 1.